The van der Waals surface area contributed by atoms with Crippen LogP contribution in [0.2, 0.25) is 20.1 Å². The van der Waals surface area contributed by atoms with Crippen LogP contribution >= 0.6 is 58.0 Å². The Morgan fingerprint density at radius 2 is 0.712 bits per heavy atom. The number of nitrogens with zero attached hydrogens (tertiary/aromatic N) is 6. The van der Waals surface area contributed by atoms with E-state index in [9.17, 15) is 34.7 Å². The fraction of sp³-hybridized carbons (Fsp3) is 0.136. The fourth-order valence-electron chi connectivity index (χ4n) is 10.6. The van der Waals surface area contributed by atoms with Crippen molar-refractivity contribution in [1.82, 2.24) is 15.0 Å². The fourth-order valence-corrected chi connectivity index (χ4v) is 11.7. The summed E-state index contributed by atoms with van der Waals surface area (Å²) in [6, 6.07) is 44.4. The van der Waals surface area contributed by atoms with E-state index < -0.39 is 0 Å². The van der Waals surface area contributed by atoms with Crippen molar-refractivity contribution in [3.8, 4) is 80.4 Å². The normalized spacial score (nSPS) is 10.4. The van der Waals surface area contributed by atoms with E-state index in [0.717, 1.165) is 72.3 Å². The van der Waals surface area contributed by atoms with Crippen LogP contribution < -0.4 is 28.4 Å². The molecule has 0 saturated carbocycles. The Morgan fingerprint density at radius 3 is 1.05 bits per heavy atom. The molecule has 3 aromatic heterocycles. The summed E-state index contributed by atoms with van der Waals surface area (Å²) >= 11 is 31.0. The summed E-state index contributed by atoms with van der Waals surface area (Å²) in [7, 11) is 0. The lowest BCUT2D eigenvalue weighted by Crippen LogP contribution is -2.04. The highest BCUT2D eigenvalue weighted by molar-refractivity contribution is 6.33. The number of alkyl halides is 1. The lowest BCUT2D eigenvalue weighted by molar-refractivity contribution is 0.111. The summed E-state index contributed by atoms with van der Waals surface area (Å²) in [4.78, 5) is 61.0. The number of nitriles is 2. The maximum Gasteiger partial charge on any atom is 0.205 e. The van der Waals surface area contributed by atoms with Gasteiger partial charge in [-0.25, -0.2) is 4.85 Å². The van der Waals surface area contributed by atoms with E-state index >= 15 is 0 Å². The first kappa shape index (κ1) is 76.4. The molecule has 2 N–H and O–H groups in total. The Labute approximate surface area is 624 Å². The number of pyridine rings is 3. The maximum atomic E-state index is 11.8. The first-order valence-corrected chi connectivity index (χ1v) is 33.5. The zero-order valence-electron chi connectivity index (χ0n) is 56.1. The van der Waals surface area contributed by atoms with Gasteiger partial charge in [0.1, 0.15) is 97.8 Å². The highest BCUT2D eigenvalue weighted by Gasteiger charge is 2.20. The third-order valence-electron chi connectivity index (χ3n) is 16.4. The molecule has 0 aliphatic rings. The Balaban J connectivity index is 0.000000224. The molecule has 11 aromatic rings. The zero-order chi connectivity index (χ0) is 74.4. The monoisotopic (exact) mass is 1480 g/mol. The van der Waals surface area contributed by atoms with Crippen LogP contribution in [-0.4, -0.2) is 50.3 Å². The quantitative estimate of drug-likeness (QED) is 0.0306. The van der Waals surface area contributed by atoms with E-state index in [4.69, 9.17) is 98.3 Å². The van der Waals surface area contributed by atoms with Gasteiger partial charge in [-0.05, 0) is 148 Å². The lowest BCUT2D eigenvalue weighted by atomic mass is 9.92. The lowest BCUT2D eigenvalue weighted by Gasteiger charge is -2.18. The van der Waals surface area contributed by atoms with Gasteiger partial charge in [0.05, 0.1) is 60.0 Å². The second kappa shape index (κ2) is 36.7. The molecule has 3 heterocycles. The minimum atomic E-state index is -0.198. The van der Waals surface area contributed by atoms with Crippen molar-refractivity contribution in [1.29, 1.82) is 10.5 Å². The number of benzene rings is 8. The van der Waals surface area contributed by atoms with Crippen LogP contribution in [0, 0.1) is 56.9 Å². The molecule has 0 fully saturated rings. The number of aromatic hydroxyl groups is 2. The molecule has 0 radical (unpaired) electrons. The van der Waals surface area contributed by atoms with Crippen LogP contribution in [0.1, 0.15) is 114 Å². The van der Waals surface area contributed by atoms with E-state index in [1.807, 2.05) is 113 Å². The summed E-state index contributed by atoms with van der Waals surface area (Å²) in [5, 5.41) is 38.5. The van der Waals surface area contributed by atoms with E-state index in [1.165, 1.54) is 55.0 Å². The van der Waals surface area contributed by atoms with Crippen molar-refractivity contribution in [3.63, 3.8) is 0 Å². The van der Waals surface area contributed by atoms with Gasteiger partial charge in [-0.15, -0.1) is 11.6 Å². The van der Waals surface area contributed by atoms with E-state index in [0.29, 0.717) is 70.5 Å². The molecule has 104 heavy (non-hydrogen) atoms. The second-order valence-electron chi connectivity index (χ2n) is 23.1. The van der Waals surface area contributed by atoms with Crippen LogP contribution in [0.4, 0.5) is 5.69 Å². The predicted molar refractivity (Wildman–Crippen MR) is 397 cm³/mol. The number of carbonyl (C=O) groups excluding carboxylic acids is 4. The van der Waals surface area contributed by atoms with Crippen LogP contribution in [0.25, 0.3) is 27.1 Å². The Bertz CT molecular complexity index is 4880. The number of hydrogen-bond donors (Lipinski definition) is 2. The van der Waals surface area contributed by atoms with Crippen LogP contribution in [0.3, 0.4) is 0 Å². The molecule has 0 aliphatic heterocycles. The van der Waals surface area contributed by atoms with Gasteiger partial charge in [-0.2, -0.15) is 10.5 Å². The van der Waals surface area contributed by atoms with Crippen LogP contribution in [0.15, 0.2) is 177 Å². The minimum Gasteiger partial charge on any atom is -0.507 e. The molecular formula is C81H61Cl5N6O12. The molecule has 0 spiro atoms. The molecule has 0 unspecified atom stereocenters. The summed E-state index contributed by atoms with van der Waals surface area (Å²) in [5.74, 6) is 1.83. The zero-order valence-corrected chi connectivity index (χ0v) is 59.8. The number of phenols is 2. The average molecular weight is 1490 g/mol. The van der Waals surface area contributed by atoms with E-state index in [-0.39, 0.29) is 116 Å². The molecule has 522 valence electrons. The van der Waals surface area contributed by atoms with Crippen molar-refractivity contribution in [2.75, 3.05) is 0 Å². The number of aromatic nitrogens is 3. The maximum absolute atomic E-state index is 11.8. The van der Waals surface area contributed by atoms with Gasteiger partial charge in [0.2, 0.25) is 5.69 Å². The van der Waals surface area contributed by atoms with Crippen LogP contribution in [0.5, 0.6) is 46.0 Å². The van der Waals surface area contributed by atoms with Crippen molar-refractivity contribution >= 4 is 88.8 Å². The molecular weight excluding hydrogens is 1430 g/mol. The molecule has 8 aromatic carbocycles. The number of aldehydes is 4. The number of hydrogen-bond acceptors (Lipinski definition) is 17. The number of carbonyl (C=O) groups is 4. The largest absolute Gasteiger partial charge is 0.507 e. The van der Waals surface area contributed by atoms with Gasteiger partial charge in [-0.1, -0.05) is 119 Å². The standard InChI is InChI=1S/C44H32Cl2N4O6.C30H24Cl2O6.C7H5ClN2/c1-27-32(25-55-43-14-41(34(21-51)12-39(43)45)53-23-30-10-29(16-47)17-49-18-30)6-4-8-37(27)38-9-5-7-33(28(38)2)26-56-44-15-42(35(22-52)13-40(44)46)54-24-31-11-36(48-3)20-50-19-31;1-17-19(15-37-29-11-27(35)21(13-33)9-25(29)31)5-3-7-23(17)24-8-4-6-20(18(24)2)16-38-30-12-28(36)22(14-34)10-26(30)32;8-2-6-1-7(3-9)5-10-4-6/h4-15,17-22H,23-26H2,1-2H3;3-14,35-36H,15-16H2,1-2H3;1,4-5H,2H2. The Hall–Kier alpha value is -11.8. The number of phenolic OH excluding ortho intramolecular Hbond substituents is 2. The van der Waals surface area contributed by atoms with Gasteiger partial charge in [0.25, 0.3) is 0 Å². The molecule has 0 aliphatic carbocycles. The van der Waals surface area contributed by atoms with Gasteiger partial charge in [0, 0.05) is 72.9 Å². The van der Waals surface area contributed by atoms with E-state index in [1.54, 1.807) is 48.9 Å². The topological polar surface area (TPSA) is 255 Å². The average Bonchev–Trinajstić information content (AvgIpc) is 0.807. The van der Waals surface area contributed by atoms with Gasteiger partial charge in [0.15, 0.2) is 25.1 Å². The third kappa shape index (κ3) is 19.4. The van der Waals surface area contributed by atoms with Crippen molar-refractivity contribution in [2.45, 2.75) is 73.2 Å². The van der Waals surface area contributed by atoms with Crippen molar-refractivity contribution in [2.24, 2.45) is 0 Å². The first-order chi connectivity index (χ1) is 50.3. The third-order valence-corrected chi connectivity index (χ3v) is 17.9. The molecule has 0 bridgehead atoms. The predicted octanol–water partition coefficient (Wildman–Crippen LogP) is 19.6. The molecule has 0 saturated heterocycles. The Morgan fingerprint density at radius 1 is 0.404 bits per heavy atom. The van der Waals surface area contributed by atoms with E-state index in [2.05, 4.69) is 19.8 Å². The van der Waals surface area contributed by atoms with Crippen LogP contribution in [-0.2, 0) is 45.5 Å². The van der Waals surface area contributed by atoms with Gasteiger partial charge >= 0.3 is 0 Å². The highest BCUT2D eigenvalue weighted by Crippen LogP contribution is 2.40. The van der Waals surface area contributed by atoms with Gasteiger partial charge in [-0.3, -0.25) is 34.1 Å². The molecule has 0 atom stereocenters. The number of halogens is 5. The summed E-state index contributed by atoms with van der Waals surface area (Å²) in [5.41, 5.74) is 16.0. The molecule has 18 nitrogen and oxygen atoms in total. The molecule has 0 amide bonds. The molecule has 11 rings (SSSR count). The summed E-state index contributed by atoms with van der Waals surface area (Å²) < 4.78 is 36.0. The minimum absolute atomic E-state index is 0.0865. The summed E-state index contributed by atoms with van der Waals surface area (Å²) in [6.45, 7) is 16.2. The SMILES string of the molecule is Cc1c(COc2cc(O)c(C=O)cc2Cl)cccc1-c1cccc(COc2cc(O)c(C=O)cc2Cl)c1C.N#Cc1cncc(CCl)c1.[C-]#[N+]c1cncc(COc2cc(OCc3cccc(-c4cccc(COc5cc(OCc6cncc(C#N)c6)c(C=O)cc5Cl)c4C)c3C)c(Cl)cc2C=O)c1. The summed E-state index contributed by atoms with van der Waals surface area (Å²) in [6.07, 6.45) is 11.6. The Kier molecular flexibility index (Phi) is 27.0. The molecule has 23 heteroatoms. The number of rotatable bonds is 25. The first-order valence-electron chi connectivity index (χ1n) is 31.5. The van der Waals surface area contributed by atoms with Crippen molar-refractivity contribution < 1.29 is 57.8 Å². The highest BCUT2D eigenvalue weighted by atomic mass is 35.5. The number of ether oxygens (including phenoxy) is 6. The second-order valence-corrected chi connectivity index (χ2v) is 25.0. The smallest absolute Gasteiger partial charge is 0.205 e. The van der Waals surface area contributed by atoms with Crippen molar-refractivity contribution in [3.05, 3.63) is 303 Å². The van der Waals surface area contributed by atoms with Gasteiger partial charge < -0.3 is 38.6 Å².